The molecule has 0 amide bonds. The number of aromatic nitrogens is 2. The van der Waals surface area contributed by atoms with Crippen molar-refractivity contribution in [2.45, 2.75) is 46.1 Å². The lowest BCUT2D eigenvalue weighted by atomic mass is 10.0. The highest BCUT2D eigenvalue weighted by Gasteiger charge is 2.24. The van der Waals surface area contributed by atoms with Gasteiger partial charge in [0.15, 0.2) is 5.82 Å². The van der Waals surface area contributed by atoms with Crippen molar-refractivity contribution in [3.8, 4) is 0 Å². The highest BCUT2D eigenvalue weighted by Crippen LogP contribution is 2.22. The Morgan fingerprint density at radius 1 is 1.24 bits per heavy atom. The molecular formula is C15H26N4O2. The van der Waals surface area contributed by atoms with E-state index in [-0.39, 0.29) is 11.1 Å². The molecule has 0 unspecified atom stereocenters. The van der Waals surface area contributed by atoms with Crippen molar-refractivity contribution in [3.05, 3.63) is 16.8 Å². The third kappa shape index (κ3) is 3.91. The standard InChI is InChI=1S/C15H26N4O2/c1-7-10-11(8-2)17-18-13(12(10)14(20)21)16-9-15(3,4)19(5)6/h7-9H2,1-6H3,(H,16,18)(H,20,21). The third-order valence-corrected chi connectivity index (χ3v) is 3.96. The molecule has 2 N–H and O–H groups in total. The predicted molar refractivity (Wildman–Crippen MR) is 84.0 cm³/mol. The summed E-state index contributed by atoms with van der Waals surface area (Å²) in [7, 11) is 3.98. The Balaban J connectivity index is 3.16. The number of hydrogen-bond donors (Lipinski definition) is 2. The van der Waals surface area contributed by atoms with Crippen LogP contribution < -0.4 is 5.32 Å². The van der Waals surface area contributed by atoms with Gasteiger partial charge < -0.3 is 15.3 Å². The number of aryl methyl sites for hydroxylation is 1. The average molecular weight is 294 g/mol. The monoisotopic (exact) mass is 294 g/mol. The lowest BCUT2D eigenvalue weighted by Crippen LogP contribution is -2.44. The first-order valence-corrected chi connectivity index (χ1v) is 7.27. The van der Waals surface area contributed by atoms with Crippen molar-refractivity contribution in [2.24, 2.45) is 0 Å². The van der Waals surface area contributed by atoms with Crippen LogP contribution in [-0.4, -0.2) is 52.4 Å². The maximum Gasteiger partial charge on any atom is 0.339 e. The highest BCUT2D eigenvalue weighted by atomic mass is 16.4. The molecule has 118 valence electrons. The molecule has 0 saturated heterocycles. The number of carboxylic acids is 1. The van der Waals surface area contributed by atoms with E-state index < -0.39 is 5.97 Å². The van der Waals surface area contributed by atoms with E-state index in [1.165, 1.54) is 0 Å². The summed E-state index contributed by atoms with van der Waals surface area (Å²) in [5.41, 5.74) is 1.66. The van der Waals surface area contributed by atoms with E-state index in [9.17, 15) is 9.90 Å². The van der Waals surface area contributed by atoms with E-state index in [2.05, 4.69) is 34.3 Å². The lowest BCUT2D eigenvalue weighted by molar-refractivity contribution is 0.0696. The van der Waals surface area contributed by atoms with Gasteiger partial charge in [-0.1, -0.05) is 13.8 Å². The van der Waals surface area contributed by atoms with E-state index in [4.69, 9.17) is 0 Å². The lowest BCUT2D eigenvalue weighted by Gasteiger charge is -2.33. The van der Waals surface area contributed by atoms with Gasteiger partial charge in [-0.3, -0.25) is 0 Å². The smallest absolute Gasteiger partial charge is 0.339 e. The summed E-state index contributed by atoms with van der Waals surface area (Å²) >= 11 is 0. The molecule has 0 fully saturated rings. The minimum atomic E-state index is -0.957. The van der Waals surface area contributed by atoms with Crippen molar-refractivity contribution in [2.75, 3.05) is 26.0 Å². The molecule has 1 heterocycles. The quantitative estimate of drug-likeness (QED) is 0.801. The number of likely N-dealkylation sites (N-methyl/N-ethyl adjacent to an activating group) is 1. The van der Waals surface area contributed by atoms with Gasteiger partial charge in [-0.15, -0.1) is 5.10 Å². The molecule has 0 bridgehead atoms. The molecule has 0 aliphatic heterocycles. The Morgan fingerprint density at radius 3 is 2.29 bits per heavy atom. The number of carbonyl (C=O) groups is 1. The van der Waals surface area contributed by atoms with E-state index in [0.29, 0.717) is 25.2 Å². The molecular weight excluding hydrogens is 268 g/mol. The fraction of sp³-hybridized carbons (Fsp3) is 0.667. The number of nitrogens with one attached hydrogen (secondary N) is 1. The highest BCUT2D eigenvalue weighted by molar-refractivity contribution is 5.95. The second-order valence-electron chi connectivity index (χ2n) is 5.92. The molecule has 1 rings (SSSR count). The zero-order valence-electron chi connectivity index (χ0n) is 13.8. The maximum atomic E-state index is 11.6. The van der Waals surface area contributed by atoms with Gasteiger partial charge in [-0.25, -0.2) is 4.79 Å². The normalized spacial score (nSPS) is 11.8. The first-order chi connectivity index (χ1) is 9.74. The van der Waals surface area contributed by atoms with Crippen molar-refractivity contribution >= 4 is 11.8 Å². The Bertz CT molecular complexity index is 513. The van der Waals surface area contributed by atoms with Crippen LogP contribution >= 0.6 is 0 Å². The van der Waals surface area contributed by atoms with Crippen LogP contribution in [0.3, 0.4) is 0 Å². The largest absolute Gasteiger partial charge is 0.478 e. The van der Waals surface area contributed by atoms with Gasteiger partial charge in [-0.05, 0) is 46.3 Å². The average Bonchev–Trinajstić information content (AvgIpc) is 2.43. The predicted octanol–water partition coefficient (Wildman–Crippen LogP) is 2.05. The number of anilines is 1. The first-order valence-electron chi connectivity index (χ1n) is 7.27. The summed E-state index contributed by atoms with van der Waals surface area (Å²) in [6.45, 7) is 8.64. The fourth-order valence-electron chi connectivity index (χ4n) is 1.99. The first kappa shape index (κ1) is 17.4. The van der Waals surface area contributed by atoms with Crippen molar-refractivity contribution in [1.29, 1.82) is 0 Å². The van der Waals surface area contributed by atoms with Crippen LogP contribution in [0, 0.1) is 0 Å². The Labute approximate surface area is 126 Å². The summed E-state index contributed by atoms with van der Waals surface area (Å²) in [6, 6.07) is 0. The zero-order chi connectivity index (χ0) is 16.2. The maximum absolute atomic E-state index is 11.6. The molecule has 21 heavy (non-hydrogen) atoms. The Hall–Kier alpha value is -1.69. The third-order valence-electron chi connectivity index (χ3n) is 3.96. The fourth-order valence-corrected chi connectivity index (χ4v) is 1.99. The minimum absolute atomic E-state index is 0.118. The number of carboxylic acid groups (broad SMARTS) is 1. The molecule has 6 heteroatoms. The van der Waals surface area contributed by atoms with Gasteiger partial charge in [0, 0.05) is 12.1 Å². The molecule has 0 radical (unpaired) electrons. The van der Waals surface area contributed by atoms with E-state index in [0.717, 1.165) is 11.3 Å². The summed E-state index contributed by atoms with van der Waals surface area (Å²) in [4.78, 5) is 13.7. The van der Waals surface area contributed by atoms with Crippen molar-refractivity contribution in [1.82, 2.24) is 15.1 Å². The Morgan fingerprint density at radius 2 is 1.86 bits per heavy atom. The van der Waals surface area contributed by atoms with Gasteiger partial charge in [-0.2, -0.15) is 5.10 Å². The zero-order valence-corrected chi connectivity index (χ0v) is 13.8. The number of aromatic carboxylic acids is 1. The van der Waals surface area contributed by atoms with Crippen molar-refractivity contribution in [3.63, 3.8) is 0 Å². The minimum Gasteiger partial charge on any atom is -0.478 e. The van der Waals surface area contributed by atoms with Gasteiger partial charge in [0.25, 0.3) is 0 Å². The van der Waals surface area contributed by atoms with E-state index in [1.54, 1.807) is 0 Å². The summed E-state index contributed by atoms with van der Waals surface area (Å²) in [5.74, 6) is -0.604. The van der Waals surface area contributed by atoms with Crippen LogP contribution in [0.15, 0.2) is 0 Å². The number of rotatable bonds is 7. The molecule has 0 aromatic carbocycles. The van der Waals surface area contributed by atoms with Crippen LogP contribution in [-0.2, 0) is 12.8 Å². The number of hydrogen-bond acceptors (Lipinski definition) is 5. The van der Waals surface area contributed by atoms with Crippen LogP contribution in [0.4, 0.5) is 5.82 Å². The van der Waals surface area contributed by atoms with Crippen LogP contribution in [0.5, 0.6) is 0 Å². The van der Waals surface area contributed by atoms with Crippen LogP contribution in [0.25, 0.3) is 0 Å². The van der Waals surface area contributed by atoms with E-state index in [1.807, 2.05) is 27.9 Å². The topological polar surface area (TPSA) is 78.4 Å². The SMILES string of the molecule is CCc1nnc(NCC(C)(C)N(C)C)c(C(=O)O)c1CC. The second kappa shape index (κ2) is 6.85. The molecule has 0 aliphatic carbocycles. The molecule has 0 spiro atoms. The van der Waals surface area contributed by atoms with Gasteiger partial charge in [0.2, 0.25) is 0 Å². The Kier molecular flexibility index (Phi) is 5.66. The van der Waals surface area contributed by atoms with E-state index >= 15 is 0 Å². The van der Waals surface area contributed by atoms with Crippen LogP contribution in [0.2, 0.25) is 0 Å². The van der Waals surface area contributed by atoms with Gasteiger partial charge >= 0.3 is 5.97 Å². The molecule has 1 aromatic heterocycles. The van der Waals surface area contributed by atoms with Crippen LogP contribution in [0.1, 0.15) is 49.3 Å². The van der Waals surface area contributed by atoms with Gasteiger partial charge in [0.05, 0.1) is 5.69 Å². The molecule has 6 nitrogen and oxygen atoms in total. The van der Waals surface area contributed by atoms with Crippen molar-refractivity contribution < 1.29 is 9.90 Å². The van der Waals surface area contributed by atoms with Gasteiger partial charge in [0.1, 0.15) is 5.56 Å². The molecule has 1 aromatic rings. The summed E-state index contributed by atoms with van der Waals surface area (Å²) < 4.78 is 0. The molecule has 0 saturated carbocycles. The molecule has 0 atom stereocenters. The summed E-state index contributed by atoms with van der Waals surface area (Å²) in [6.07, 6.45) is 1.31. The molecule has 0 aliphatic rings. The summed E-state index contributed by atoms with van der Waals surface area (Å²) in [5, 5.41) is 20.9. The second-order valence-corrected chi connectivity index (χ2v) is 5.92. The number of nitrogens with zero attached hydrogens (tertiary/aromatic N) is 3.